The number of Topliss-reactive ketones (excluding diaryl/α,β-unsaturated/α-hetero) is 1. The molecule has 2 rings (SSSR count). The maximum Gasteiger partial charge on any atom is 0.167 e. The van der Waals surface area contributed by atoms with E-state index in [1.165, 1.54) is 0 Å². The summed E-state index contributed by atoms with van der Waals surface area (Å²) in [5.41, 5.74) is 3.69. The van der Waals surface area contributed by atoms with E-state index in [0.717, 1.165) is 22.3 Å². The Morgan fingerprint density at radius 1 is 1.00 bits per heavy atom. The molecule has 0 aromatic heterocycles. The number of carbonyl (C=O) groups excluding carboxylic acids is 1. The van der Waals surface area contributed by atoms with Gasteiger partial charge in [0, 0.05) is 12.0 Å². The van der Waals surface area contributed by atoms with E-state index in [2.05, 4.69) is 0 Å². The Hall–Kier alpha value is -1.31. The Morgan fingerprint density at radius 3 is 2.21 bits per heavy atom. The average molecular weight is 293 g/mol. The van der Waals surface area contributed by atoms with Crippen LogP contribution in [0.5, 0.6) is 0 Å². The molecule has 0 bridgehead atoms. The van der Waals surface area contributed by atoms with Crippen molar-refractivity contribution in [2.75, 3.05) is 0 Å². The third-order valence-electron chi connectivity index (χ3n) is 3.11. The van der Waals surface area contributed by atoms with Crippen molar-refractivity contribution in [2.24, 2.45) is 0 Å². The van der Waals surface area contributed by atoms with E-state index >= 15 is 0 Å². The van der Waals surface area contributed by atoms with Gasteiger partial charge in [-0.05, 0) is 42.7 Å². The van der Waals surface area contributed by atoms with E-state index < -0.39 is 0 Å². The van der Waals surface area contributed by atoms with Gasteiger partial charge in [-0.3, -0.25) is 4.79 Å². The largest absolute Gasteiger partial charge is 0.294 e. The first-order valence-corrected chi connectivity index (χ1v) is 6.78. The molecule has 0 spiro atoms. The fourth-order valence-corrected chi connectivity index (χ4v) is 2.50. The predicted molar refractivity (Wildman–Crippen MR) is 80.4 cm³/mol. The van der Waals surface area contributed by atoms with E-state index in [9.17, 15) is 4.79 Å². The van der Waals surface area contributed by atoms with Gasteiger partial charge in [-0.2, -0.15) is 0 Å². The third-order valence-corrected chi connectivity index (χ3v) is 3.85. The molecule has 0 aliphatic rings. The van der Waals surface area contributed by atoms with Crippen LogP contribution in [0.3, 0.4) is 0 Å². The number of benzene rings is 2. The Balaban J connectivity index is 2.28. The smallest absolute Gasteiger partial charge is 0.167 e. The topological polar surface area (TPSA) is 17.1 Å². The minimum atomic E-state index is 0.106. The van der Waals surface area contributed by atoms with Gasteiger partial charge in [0.25, 0.3) is 0 Å². The summed E-state index contributed by atoms with van der Waals surface area (Å²) in [6, 6.07) is 11.2. The first kappa shape index (κ1) is 14.1. The average Bonchev–Trinajstić information content (AvgIpc) is 2.33. The second kappa shape index (κ2) is 5.77. The summed E-state index contributed by atoms with van der Waals surface area (Å²) in [4.78, 5) is 12.4. The molecule has 0 N–H and O–H groups in total. The molecule has 98 valence electrons. The predicted octanol–water partition coefficient (Wildman–Crippen LogP) is 5.04. The Labute approximate surface area is 123 Å². The van der Waals surface area contributed by atoms with Gasteiger partial charge in [-0.25, -0.2) is 0 Å². The molecule has 0 heterocycles. The fourth-order valence-electron chi connectivity index (χ4n) is 2.18. The highest BCUT2D eigenvalue weighted by molar-refractivity contribution is 6.42. The standard InChI is InChI=1S/C16H14Cl2O/c1-10-4-3-5-11(2)16(10)15(19)9-12-6-7-13(17)14(18)8-12/h3-8H,9H2,1-2H3. The summed E-state index contributed by atoms with van der Waals surface area (Å²) in [7, 11) is 0. The molecule has 19 heavy (non-hydrogen) atoms. The van der Waals surface area contributed by atoms with Crippen LogP contribution in [0.2, 0.25) is 10.0 Å². The summed E-state index contributed by atoms with van der Waals surface area (Å²) in [6.07, 6.45) is 0.336. The maximum absolute atomic E-state index is 12.4. The molecule has 0 unspecified atom stereocenters. The minimum Gasteiger partial charge on any atom is -0.294 e. The van der Waals surface area contributed by atoms with Gasteiger partial charge in [-0.1, -0.05) is 47.5 Å². The molecule has 0 saturated heterocycles. The molecule has 3 heteroatoms. The molecule has 0 saturated carbocycles. The van der Waals surface area contributed by atoms with Crippen LogP contribution >= 0.6 is 23.2 Å². The van der Waals surface area contributed by atoms with E-state index in [1.807, 2.05) is 38.1 Å². The van der Waals surface area contributed by atoms with E-state index in [1.54, 1.807) is 12.1 Å². The van der Waals surface area contributed by atoms with Crippen LogP contribution in [0.1, 0.15) is 27.0 Å². The van der Waals surface area contributed by atoms with Crippen LogP contribution < -0.4 is 0 Å². The van der Waals surface area contributed by atoms with Gasteiger partial charge in [0.15, 0.2) is 5.78 Å². The summed E-state index contributed by atoms with van der Waals surface area (Å²) in [5, 5.41) is 0.985. The summed E-state index contributed by atoms with van der Waals surface area (Å²) < 4.78 is 0. The van der Waals surface area contributed by atoms with E-state index in [-0.39, 0.29) is 5.78 Å². The van der Waals surface area contributed by atoms with E-state index in [0.29, 0.717) is 16.5 Å². The maximum atomic E-state index is 12.4. The molecule has 0 atom stereocenters. The highest BCUT2D eigenvalue weighted by atomic mass is 35.5. The molecule has 0 fully saturated rings. The third kappa shape index (κ3) is 3.17. The van der Waals surface area contributed by atoms with Gasteiger partial charge in [0.1, 0.15) is 0 Å². The van der Waals surface area contributed by atoms with Gasteiger partial charge in [0.2, 0.25) is 0 Å². The molecule has 0 aliphatic carbocycles. The molecular formula is C16H14Cl2O. The van der Waals surface area contributed by atoms with Gasteiger partial charge >= 0.3 is 0 Å². The molecule has 2 aromatic carbocycles. The van der Waals surface area contributed by atoms with Crippen molar-refractivity contribution in [1.82, 2.24) is 0 Å². The van der Waals surface area contributed by atoms with Gasteiger partial charge in [-0.15, -0.1) is 0 Å². The fraction of sp³-hybridized carbons (Fsp3) is 0.188. The molecule has 0 aliphatic heterocycles. The lowest BCUT2D eigenvalue weighted by Gasteiger charge is -2.09. The van der Waals surface area contributed by atoms with Crippen LogP contribution in [0.4, 0.5) is 0 Å². The van der Waals surface area contributed by atoms with Gasteiger partial charge < -0.3 is 0 Å². The number of hydrogen-bond acceptors (Lipinski definition) is 1. The second-order valence-electron chi connectivity index (χ2n) is 4.62. The lowest BCUT2D eigenvalue weighted by atomic mass is 9.95. The summed E-state index contributed by atoms with van der Waals surface area (Å²) in [6.45, 7) is 3.91. The highest BCUT2D eigenvalue weighted by Gasteiger charge is 2.13. The van der Waals surface area contributed by atoms with Crippen LogP contribution in [-0.4, -0.2) is 5.78 Å². The Bertz CT molecular complexity index is 612. The normalized spacial score (nSPS) is 10.5. The van der Waals surface area contributed by atoms with Crippen molar-refractivity contribution in [2.45, 2.75) is 20.3 Å². The molecular weight excluding hydrogens is 279 g/mol. The Morgan fingerprint density at radius 2 is 1.63 bits per heavy atom. The summed E-state index contributed by atoms with van der Waals surface area (Å²) >= 11 is 11.8. The van der Waals surface area contributed by atoms with Crippen molar-refractivity contribution in [3.63, 3.8) is 0 Å². The number of hydrogen-bond donors (Lipinski definition) is 0. The summed E-state index contributed by atoms with van der Waals surface area (Å²) in [5.74, 6) is 0.106. The molecule has 0 radical (unpaired) electrons. The van der Waals surface area contributed by atoms with Crippen LogP contribution in [-0.2, 0) is 6.42 Å². The lowest BCUT2D eigenvalue weighted by Crippen LogP contribution is -2.07. The number of carbonyl (C=O) groups is 1. The zero-order valence-corrected chi connectivity index (χ0v) is 12.3. The number of rotatable bonds is 3. The highest BCUT2D eigenvalue weighted by Crippen LogP contribution is 2.24. The first-order chi connectivity index (χ1) is 8.99. The van der Waals surface area contributed by atoms with Gasteiger partial charge in [0.05, 0.1) is 10.0 Å². The first-order valence-electron chi connectivity index (χ1n) is 6.02. The van der Waals surface area contributed by atoms with Crippen molar-refractivity contribution < 1.29 is 4.79 Å². The zero-order valence-electron chi connectivity index (χ0n) is 10.8. The van der Waals surface area contributed by atoms with Crippen LogP contribution in [0.25, 0.3) is 0 Å². The van der Waals surface area contributed by atoms with Crippen molar-refractivity contribution in [3.05, 3.63) is 68.7 Å². The zero-order chi connectivity index (χ0) is 14.0. The Kier molecular flexibility index (Phi) is 4.28. The number of halogens is 2. The minimum absolute atomic E-state index is 0.106. The van der Waals surface area contributed by atoms with Crippen molar-refractivity contribution in [3.8, 4) is 0 Å². The SMILES string of the molecule is Cc1cccc(C)c1C(=O)Cc1ccc(Cl)c(Cl)c1. The molecule has 0 amide bonds. The molecule has 2 aromatic rings. The van der Waals surface area contributed by atoms with Crippen molar-refractivity contribution >= 4 is 29.0 Å². The van der Waals surface area contributed by atoms with Crippen LogP contribution in [0.15, 0.2) is 36.4 Å². The van der Waals surface area contributed by atoms with E-state index in [4.69, 9.17) is 23.2 Å². The lowest BCUT2D eigenvalue weighted by molar-refractivity contribution is 0.0992. The van der Waals surface area contributed by atoms with Crippen LogP contribution in [0, 0.1) is 13.8 Å². The second-order valence-corrected chi connectivity index (χ2v) is 5.43. The number of aryl methyl sites for hydroxylation is 2. The monoisotopic (exact) mass is 292 g/mol. The molecule has 1 nitrogen and oxygen atoms in total. The number of ketones is 1. The van der Waals surface area contributed by atoms with Crippen molar-refractivity contribution in [1.29, 1.82) is 0 Å². The quantitative estimate of drug-likeness (QED) is 0.725.